The van der Waals surface area contributed by atoms with Crippen LogP contribution in [0, 0.1) is 46.5 Å². The second-order valence-corrected chi connectivity index (χ2v) is 12.7. The Balaban J connectivity index is 1.36. The maximum absolute atomic E-state index is 13.5. The van der Waals surface area contributed by atoms with Crippen LogP contribution in [0.4, 0.5) is 4.39 Å². The molecule has 3 saturated carbocycles. The molecule has 0 radical (unpaired) electrons. The lowest BCUT2D eigenvalue weighted by Gasteiger charge is -2.57. The molecular weight excluding hydrogens is 447 g/mol. The summed E-state index contributed by atoms with van der Waals surface area (Å²) in [5.74, 6) is 4.30. The second-order valence-electron chi connectivity index (χ2n) is 11.7. The highest BCUT2D eigenvalue weighted by molar-refractivity contribution is 8.13. The van der Waals surface area contributed by atoms with Crippen LogP contribution in [0.2, 0.25) is 0 Å². The molecule has 0 saturated heterocycles. The summed E-state index contributed by atoms with van der Waals surface area (Å²) in [6.45, 7) is 11.6. The average Bonchev–Trinajstić information content (AvgIpc) is 3.10. The zero-order valence-corrected chi connectivity index (χ0v) is 21.7. The molecule has 6 atom stereocenters. The van der Waals surface area contributed by atoms with Gasteiger partial charge in [-0.3, -0.25) is 9.59 Å². The van der Waals surface area contributed by atoms with Crippen molar-refractivity contribution in [2.24, 2.45) is 34.5 Å². The van der Waals surface area contributed by atoms with E-state index in [2.05, 4.69) is 50.7 Å². The summed E-state index contributed by atoms with van der Waals surface area (Å²) < 4.78 is 18.2. The molecule has 34 heavy (non-hydrogen) atoms. The molecule has 5 heteroatoms. The molecule has 4 aliphatic carbocycles. The first-order valence-electron chi connectivity index (χ1n) is 12.6. The van der Waals surface area contributed by atoms with Crippen LogP contribution in [0.15, 0.2) is 36.0 Å². The molecule has 0 amide bonds. The highest BCUT2D eigenvalue weighted by Gasteiger charge is 2.59. The van der Waals surface area contributed by atoms with E-state index >= 15 is 0 Å². The Kier molecular flexibility index (Phi) is 6.95. The van der Waals surface area contributed by atoms with Crippen molar-refractivity contribution in [3.63, 3.8) is 0 Å². The van der Waals surface area contributed by atoms with Gasteiger partial charge < -0.3 is 4.74 Å². The van der Waals surface area contributed by atoms with Crippen molar-refractivity contribution in [2.45, 2.75) is 78.3 Å². The molecule has 4 aliphatic rings. The first kappa shape index (κ1) is 25.3. The standard InChI is InChI=1S/C29H37FO3S/c1-19-11-13-28(4)20(17-19)7-8-21-22-9-10-24(29(22,5)14-12-23(21)28)26(32)34-16-6-15-33-25(31)18-27(2,3)30/h11,13,17,21-24H,1,7-10,12,14,16,18H2,2-5H3. The fourth-order valence-electron chi connectivity index (χ4n) is 7.37. The zero-order chi connectivity index (χ0) is 24.7. The number of thioether (sulfide) groups is 1. The number of esters is 1. The number of alkyl halides is 1. The van der Waals surface area contributed by atoms with Gasteiger partial charge in [0.1, 0.15) is 11.8 Å². The molecule has 0 aromatic carbocycles. The third kappa shape index (κ3) is 4.81. The van der Waals surface area contributed by atoms with Gasteiger partial charge in [-0.05, 0) is 87.0 Å². The van der Waals surface area contributed by atoms with Crippen LogP contribution in [0.25, 0.3) is 0 Å². The quantitative estimate of drug-likeness (QED) is 0.325. The van der Waals surface area contributed by atoms with Crippen LogP contribution in [0.5, 0.6) is 0 Å². The second kappa shape index (κ2) is 9.34. The number of hydrogen-bond acceptors (Lipinski definition) is 4. The third-order valence-corrected chi connectivity index (χ3v) is 9.88. The van der Waals surface area contributed by atoms with Crippen molar-refractivity contribution < 1.29 is 18.7 Å². The van der Waals surface area contributed by atoms with Gasteiger partial charge in [-0.25, -0.2) is 4.39 Å². The average molecular weight is 485 g/mol. The minimum Gasteiger partial charge on any atom is -0.372 e. The molecule has 3 nitrogen and oxygen atoms in total. The van der Waals surface area contributed by atoms with Gasteiger partial charge in [-0.15, -0.1) is 0 Å². The molecule has 0 N–H and O–H groups in total. The van der Waals surface area contributed by atoms with Gasteiger partial charge in [0.25, 0.3) is 0 Å². The van der Waals surface area contributed by atoms with Crippen LogP contribution in [-0.2, 0) is 14.3 Å². The van der Waals surface area contributed by atoms with Crippen molar-refractivity contribution in [2.75, 3.05) is 5.75 Å². The van der Waals surface area contributed by atoms with Gasteiger partial charge in [-0.1, -0.05) is 56.0 Å². The monoisotopic (exact) mass is 484 g/mol. The minimum atomic E-state index is -1.62. The van der Waals surface area contributed by atoms with Gasteiger partial charge in [0.15, 0.2) is 5.12 Å². The molecular formula is C29H37FO3S. The maximum Gasteiger partial charge on any atom is 0.322 e. The van der Waals surface area contributed by atoms with Crippen molar-refractivity contribution >= 4 is 22.8 Å². The van der Waals surface area contributed by atoms with E-state index in [0.29, 0.717) is 17.8 Å². The molecule has 0 aliphatic heterocycles. The Bertz CT molecular complexity index is 993. The summed E-state index contributed by atoms with van der Waals surface area (Å²) in [5, 5.41) is 0.213. The topological polar surface area (TPSA) is 43.4 Å². The van der Waals surface area contributed by atoms with E-state index in [4.69, 9.17) is 4.74 Å². The van der Waals surface area contributed by atoms with Crippen LogP contribution in [0.1, 0.15) is 72.6 Å². The highest BCUT2D eigenvalue weighted by atomic mass is 32.2. The summed E-state index contributed by atoms with van der Waals surface area (Å²) in [6, 6.07) is 0. The summed E-state index contributed by atoms with van der Waals surface area (Å²) in [5.41, 5.74) is 1.22. The number of halogens is 1. The molecule has 0 aromatic rings. The first-order valence-corrected chi connectivity index (χ1v) is 13.5. The Hall–Kier alpha value is -1.80. The lowest BCUT2D eigenvalue weighted by molar-refractivity contribution is -0.139. The first-order chi connectivity index (χ1) is 15.9. The Morgan fingerprint density at radius 2 is 2.00 bits per heavy atom. The largest absolute Gasteiger partial charge is 0.372 e. The predicted octanol–water partition coefficient (Wildman–Crippen LogP) is 6.80. The molecule has 0 aromatic heterocycles. The zero-order valence-electron chi connectivity index (χ0n) is 20.9. The van der Waals surface area contributed by atoms with Crippen LogP contribution in [0.3, 0.4) is 0 Å². The normalized spacial score (nSPS) is 36.4. The van der Waals surface area contributed by atoms with E-state index < -0.39 is 11.6 Å². The molecule has 3 fully saturated rings. The van der Waals surface area contributed by atoms with E-state index in [-0.39, 0.29) is 34.0 Å². The summed E-state index contributed by atoms with van der Waals surface area (Å²) in [7, 11) is 0. The lowest BCUT2D eigenvalue weighted by Crippen LogP contribution is -2.50. The fourth-order valence-corrected chi connectivity index (χ4v) is 8.23. The van der Waals surface area contributed by atoms with Crippen LogP contribution >= 0.6 is 11.8 Å². The molecule has 6 unspecified atom stereocenters. The van der Waals surface area contributed by atoms with E-state index in [1.807, 2.05) is 0 Å². The molecule has 0 bridgehead atoms. The highest BCUT2D eigenvalue weighted by Crippen LogP contribution is 2.66. The number of fused-ring (bicyclic) bond motifs is 5. The van der Waals surface area contributed by atoms with Crippen LogP contribution in [-0.4, -0.2) is 22.5 Å². The van der Waals surface area contributed by atoms with E-state index in [0.717, 1.165) is 37.7 Å². The molecule has 0 spiro atoms. The van der Waals surface area contributed by atoms with Gasteiger partial charge in [0, 0.05) is 11.3 Å². The van der Waals surface area contributed by atoms with Gasteiger partial charge in [-0.2, -0.15) is 0 Å². The van der Waals surface area contributed by atoms with Crippen molar-refractivity contribution in [3.8, 4) is 12.0 Å². The maximum atomic E-state index is 13.5. The van der Waals surface area contributed by atoms with Crippen LogP contribution < -0.4 is 0 Å². The van der Waals surface area contributed by atoms with Gasteiger partial charge in [0.05, 0.1) is 12.2 Å². The van der Waals surface area contributed by atoms with Gasteiger partial charge in [0.2, 0.25) is 0 Å². The Labute approximate surface area is 208 Å². The number of carbonyl (C=O) groups is 2. The Morgan fingerprint density at radius 1 is 1.24 bits per heavy atom. The van der Waals surface area contributed by atoms with Crippen molar-refractivity contribution in [1.82, 2.24) is 0 Å². The Morgan fingerprint density at radius 3 is 2.74 bits per heavy atom. The smallest absolute Gasteiger partial charge is 0.322 e. The molecule has 0 heterocycles. The summed E-state index contributed by atoms with van der Waals surface area (Å²) in [4.78, 5) is 24.7. The van der Waals surface area contributed by atoms with E-state index in [1.54, 1.807) is 5.57 Å². The van der Waals surface area contributed by atoms with Gasteiger partial charge >= 0.3 is 5.97 Å². The van der Waals surface area contributed by atoms with Crippen molar-refractivity contribution in [3.05, 3.63) is 36.0 Å². The van der Waals surface area contributed by atoms with E-state index in [9.17, 15) is 14.0 Å². The fraction of sp³-hybridized carbons (Fsp3) is 0.655. The molecule has 184 valence electrons. The number of ether oxygens (including phenoxy) is 1. The summed E-state index contributed by atoms with van der Waals surface area (Å²) >= 11 is 1.23. The summed E-state index contributed by atoms with van der Waals surface area (Å²) in [6.07, 6.45) is 15.6. The molecule has 4 rings (SSSR count). The lowest BCUT2D eigenvalue weighted by atomic mass is 9.48. The third-order valence-electron chi connectivity index (χ3n) is 9.02. The number of rotatable bonds is 4. The predicted molar refractivity (Wildman–Crippen MR) is 135 cm³/mol. The number of allylic oxidation sites excluding steroid dienone is 5. The SMILES string of the molecule is C=C1C=CC2(C)C(=C1)CCC1C2CCC2(C)C(C(=O)SCC#COC(=O)CC(C)(C)F)CCC12. The number of carbonyl (C=O) groups excluding carboxylic acids is 2. The van der Waals surface area contributed by atoms with E-state index in [1.165, 1.54) is 32.0 Å². The van der Waals surface area contributed by atoms with Crippen molar-refractivity contribution in [1.29, 1.82) is 0 Å². The number of hydrogen-bond donors (Lipinski definition) is 0. The minimum absolute atomic E-state index is 0.0530.